The second-order valence-corrected chi connectivity index (χ2v) is 4.04. The van der Waals surface area contributed by atoms with Crippen LogP contribution in [0, 0.1) is 5.82 Å². The van der Waals surface area contributed by atoms with Gasteiger partial charge in [-0.25, -0.2) is 4.39 Å². The molecule has 0 bridgehead atoms. The summed E-state index contributed by atoms with van der Waals surface area (Å²) in [6.45, 7) is 2.08. The largest absolute Gasteiger partial charge is 0.507 e. The number of ether oxygens (including phenoxy) is 1. The molecule has 0 radical (unpaired) electrons. The third-order valence-corrected chi connectivity index (χ3v) is 2.69. The Hall–Kier alpha value is -1.03. The number of hydrogen-bond donors (Lipinski definition) is 1. The third kappa shape index (κ3) is 1.39. The van der Waals surface area contributed by atoms with Crippen LogP contribution in [0.1, 0.15) is 12.5 Å². The molecular weight excluding hydrogens is 251 g/mol. The maximum Gasteiger partial charge on any atom is 0.145 e. The molecule has 4 heteroatoms. The SMILES string of the molecule is CC1=C(O)c2cc(F)cc(Br)c2OC1. The summed E-state index contributed by atoms with van der Waals surface area (Å²) in [4.78, 5) is 0. The Kier molecular flexibility index (Phi) is 2.23. The van der Waals surface area contributed by atoms with E-state index in [2.05, 4.69) is 15.9 Å². The molecule has 0 saturated heterocycles. The maximum atomic E-state index is 13.0. The van der Waals surface area contributed by atoms with Gasteiger partial charge in [0.05, 0.1) is 10.0 Å². The van der Waals surface area contributed by atoms with Gasteiger partial charge >= 0.3 is 0 Å². The molecule has 0 atom stereocenters. The normalized spacial score (nSPS) is 15.1. The standard InChI is InChI=1S/C10H8BrFO2/c1-5-4-14-10-7(9(5)13)2-6(12)3-8(10)11/h2-3,13H,4H2,1H3. The van der Waals surface area contributed by atoms with Crippen LogP contribution in [-0.2, 0) is 0 Å². The monoisotopic (exact) mass is 258 g/mol. The summed E-state index contributed by atoms with van der Waals surface area (Å²) in [5.41, 5.74) is 1.11. The van der Waals surface area contributed by atoms with Crippen LogP contribution in [-0.4, -0.2) is 11.7 Å². The van der Waals surface area contributed by atoms with E-state index in [1.807, 2.05) is 0 Å². The smallest absolute Gasteiger partial charge is 0.145 e. The van der Waals surface area contributed by atoms with Gasteiger partial charge in [-0.3, -0.25) is 0 Å². The molecule has 0 unspecified atom stereocenters. The van der Waals surface area contributed by atoms with Crippen molar-refractivity contribution in [1.29, 1.82) is 0 Å². The summed E-state index contributed by atoms with van der Waals surface area (Å²) in [6.07, 6.45) is 0. The second kappa shape index (κ2) is 3.28. The Morgan fingerprint density at radius 2 is 2.21 bits per heavy atom. The summed E-state index contributed by atoms with van der Waals surface area (Å²) in [7, 11) is 0. The van der Waals surface area contributed by atoms with Crippen molar-refractivity contribution in [1.82, 2.24) is 0 Å². The van der Waals surface area contributed by atoms with Gasteiger partial charge in [0.1, 0.15) is 23.9 Å². The lowest BCUT2D eigenvalue weighted by molar-refractivity contribution is 0.330. The Bertz CT molecular complexity index is 426. The number of hydrogen-bond acceptors (Lipinski definition) is 2. The average Bonchev–Trinajstić information content (AvgIpc) is 2.12. The summed E-state index contributed by atoms with van der Waals surface area (Å²) in [5.74, 6) is 0.196. The second-order valence-electron chi connectivity index (χ2n) is 3.18. The highest BCUT2D eigenvalue weighted by molar-refractivity contribution is 9.10. The molecule has 74 valence electrons. The molecule has 0 amide bonds. The van der Waals surface area contributed by atoms with E-state index < -0.39 is 5.82 Å². The quantitative estimate of drug-likeness (QED) is 0.774. The lowest BCUT2D eigenvalue weighted by atomic mass is 10.1. The number of rotatable bonds is 0. The van der Waals surface area contributed by atoms with Crippen LogP contribution in [0.25, 0.3) is 5.76 Å². The molecule has 2 nitrogen and oxygen atoms in total. The third-order valence-electron chi connectivity index (χ3n) is 2.10. The molecule has 0 saturated carbocycles. The van der Waals surface area contributed by atoms with Crippen molar-refractivity contribution < 1.29 is 14.2 Å². The van der Waals surface area contributed by atoms with E-state index in [0.717, 1.165) is 0 Å². The Morgan fingerprint density at radius 3 is 2.93 bits per heavy atom. The van der Waals surface area contributed by atoms with Gasteiger partial charge < -0.3 is 9.84 Å². The van der Waals surface area contributed by atoms with Crippen molar-refractivity contribution in [2.45, 2.75) is 6.92 Å². The Labute approximate surface area is 89.1 Å². The Balaban J connectivity index is 2.68. The minimum atomic E-state index is -0.402. The maximum absolute atomic E-state index is 13.0. The van der Waals surface area contributed by atoms with Crippen LogP contribution in [0.15, 0.2) is 22.2 Å². The van der Waals surface area contributed by atoms with E-state index in [-0.39, 0.29) is 5.76 Å². The van der Waals surface area contributed by atoms with Gasteiger partial charge in [0.2, 0.25) is 0 Å². The average molecular weight is 259 g/mol. The van der Waals surface area contributed by atoms with Crippen LogP contribution in [0.4, 0.5) is 4.39 Å². The first kappa shape index (κ1) is 9.52. The zero-order chi connectivity index (χ0) is 10.3. The minimum absolute atomic E-state index is 0.103. The van der Waals surface area contributed by atoms with Crippen LogP contribution < -0.4 is 4.74 Å². The molecule has 0 fully saturated rings. The van der Waals surface area contributed by atoms with E-state index in [0.29, 0.717) is 28.0 Å². The minimum Gasteiger partial charge on any atom is -0.507 e. The molecule has 2 rings (SSSR count). The predicted molar refractivity (Wildman–Crippen MR) is 54.8 cm³/mol. The Morgan fingerprint density at radius 1 is 1.50 bits per heavy atom. The van der Waals surface area contributed by atoms with Crippen LogP contribution >= 0.6 is 15.9 Å². The fraction of sp³-hybridized carbons (Fsp3) is 0.200. The van der Waals surface area contributed by atoms with E-state index in [4.69, 9.17) is 4.74 Å². The molecule has 0 spiro atoms. The molecule has 0 aromatic heterocycles. The van der Waals surface area contributed by atoms with Gasteiger partial charge in [0.25, 0.3) is 0 Å². The number of benzene rings is 1. The van der Waals surface area contributed by atoms with E-state index in [9.17, 15) is 9.50 Å². The fourth-order valence-corrected chi connectivity index (χ4v) is 1.91. The summed E-state index contributed by atoms with van der Waals surface area (Å²) in [5, 5.41) is 9.69. The van der Waals surface area contributed by atoms with Gasteiger partial charge in [0.15, 0.2) is 0 Å². The topological polar surface area (TPSA) is 29.5 Å². The summed E-state index contributed by atoms with van der Waals surface area (Å²) >= 11 is 3.18. The van der Waals surface area contributed by atoms with Crippen molar-refractivity contribution in [2.24, 2.45) is 0 Å². The van der Waals surface area contributed by atoms with Crippen LogP contribution in [0.3, 0.4) is 0 Å². The van der Waals surface area contributed by atoms with Gasteiger partial charge in [-0.15, -0.1) is 0 Å². The van der Waals surface area contributed by atoms with Crippen LogP contribution in [0.5, 0.6) is 5.75 Å². The van der Waals surface area contributed by atoms with Crippen molar-refractivity contribution in [3.63, 3.8) is 0 Å². The molecular formula is C10H8BrFO2. The van der Waals surface area contributed by atoms with Crippen molar-refractivity contribution in [2.75, 3.05) is 6.61 Å². The fourth-order valence-electron chi connectivity index (χ4n) is 1.36. The zero-order valence-electron chi connectivity index (χ0n) is 7.47. The summed E-state index contributed by atoms with van der Waals surface area (Å²) < 4.78 is 18.9. The first-order valence-corrected chi connectivity index (χ1v) is 4.90. The van der Waals surface area contributed by atoms with Crippen molar-refractivity contribution >= 4 is 21.7 Å². The number of fused-ring (bicyclic) bond motifs is 1. The molecule has 0 aliphatic carbocycles. The number of halogens is 2. The van der Waals surface area contributed by atoms with Gasteiger partial charge in [-0.2, -0.15) is 0 Å². The van der Waals surface area contributed by atoms with Gasteiger partial charge in [-0.05, 0) is 35.0 Å². The summed E-state index contributed by atoms with van der Waals surface area (Å²) in [6, 6.07) is 2.57. The first-order chi connectivity index (χ1) is 6.59. The highest BCUT2D eigenvalue weighted by atomic mass is 79.9. The lowest BCUT2D eigenvalue weighted by Crippen LogP contribution is -2.10. The molecule has 1 heterocycles. The molecule has 1 N–H and O–H groups in total. The van der Waals surface area contributed by atoms with Gasteiger partial charge in [0, 0.05) is 5.57 Å². The molecule has 14 heavy (non-hydrogen) atoms. The van der Waals surface area contributed by atoms with E-state index in [1.54, 1.807) is 6.92 Å². The van der Waals surface area contributed by atoms with E-state index >= 15 is 0 Å². The van der Waals surface area contributed by atoms with Crippen molar-refractivity contribution in [3.05, 3.63) is 33.6 Å². The predicted octanol–water partition coefficient (Wildman–Crippen LogP) is 3.27. The van der Waals surface area contributed by atoms with Gasteiger partial charge in [-0.1, -0.05) is 0 Å². The first-order valence-electron chi connectivity index (χ1n) is 4.10. The highest BCUT2D eigenvalue weighted by Gasteiger charge is 2.20. The van der Waals surface area contributed by atoms with Crippen LogP contribution in [0.2, 0.25) is 0 Å². The number of aliphatic hydroxyl groups is 1. The molecule has 1 aliphatic rings. The highest BCUT2D eigenvalue weighted by Crippen LogP contribution is 2.37. The number of aliphatic hydroxyl groups excluding tert-OH is 1. The molecule has 1 aromatic carbocycles. The lowest BCUT2D eigenvalue weighted by Gasteiger charge is -2.19. The van der Waals surface area contributed by atoms with E-state index in [1.165, 1.54) is 12.1 Å². The zero-order valence-corrected chi connectivity index (χ0v) is 9.06. The van der Waals surface area contributed by atoms with Crippen molar-refractivity contribution in [3.8, 4) is 5.75 Å². The molecule has 1 aliphatic heterocycles. The molecule has 1 aromatic rings.